The molecule has 1 atom stereocenters. The number of phosphoric acid groups is 1. The zero-order chi connectivity index (χ0) is 16.2. The summed E-state index contributed by atoms with van der Waals surface area (Å²) in [6, 6.07) is 0. The zero-order valence-corrected chi connectivity index (χ0v) is 13.1. The number of unbranched alkanes of at least 4 members (excludes halogenated alkanes) is 2. The number of esters is 1. The summed E-state index contributed by atoms with van der Waals surface area (Å²) >= 11 is 0. The van der Waals surface area contributed by atoms with Crippen LogP contribution in [0, 0.1) is 0 Å². The zero-order valence-electron chi connectivity index (χ0n) is 12.2. The Morgan fingerprint density at radius 2 is 1.75 bits per heavy atom. The molecule has 0 spiro atoms. The average Bonchev–Trinajstić information content (AvgIpc) is 2.30. The van der Waals surface area contributed by atoms with E-state index in [-0.39, 0.29) is 5.97 Å². The van der Waals surface area contributed by atoms with Crippen molar-refractivity contribution >= 4 is 13.8 Å². The van der Waals surface area contributed by atoms with E-state index in [2.05, 4.69) is 13.5 Å². The van der Waals surface area contributed by atoms with Crippen LogP contribution in [0.5, 0.6) is 0 Å². The minimum atomic E-state index is -4.64. The van der Waals surface area contributed by atoms with Gasteiger partial charge in [-0.05, 0) is 13.3 Å². The van der Waals surface area contributed by atoms with Gasteiger partial charge >= 0.3 is 13.8 Å². The van der Waals surface area contributed by atoms with Crippen LogP contribution in [0.25, 0.3) is 0 Å². The molecule has 0 saturated carbocycles. The molecule has 0 aromatic carbocycles. The van der Waals surface area contributed by atoms with E-state index in [9.17, 15) is 4.79 Å². The Kier molecular flexibility index (Phi) is 13.0. The Hall–Kier alpha value is -0.720. The van der Waals surface area contributed by atoms with Gasteiger partial charge in [0, 0.05) is 12.0 Å². The van der Waals surface area contributed by atoms with Gasteiger partial charge in [0.2, 0.25) is 6.29 Å². The minimum Gasteiger partial charge on any atom is -0.432 e. The minimum absolute atomic E-state index is 0.377. The monoisotopic (exact) mass is 312 g/mol. The SMILES string of the molecule is C=C(C)C(=O)OC(CC)OCCCCC.O=P(O)(O)O. The first kappa shape index (κ1) is 21.6. The van der Waals surface area contributed by atoms with Gasteiger partial charge in [0.1, 0.15) is 0 Å². The fourth-order valence-electron chi connectivity index (χ4n) is 1.02. The Bertz CT molecular complexity index is 316. The normalized spacial score (nSPS) is 12.1. The van der Waals surface area contributed by atoms with Crippen molar-refractivity contribution in [2.24, 2.45) is 0 Å². The summed E-state index contributed by atoms with van der Waals surface area (Å²) in [4.78, 5) is 32.8. The first-order chi connectivity index (χ1) is 9.11. The predicted octanol–water partition coefficient (Wildman–Crippen LogP) is 2.12. The van der Waals surface area contributed by atoms with E-state index in [4.69, 9.17) is 28.7 Å². The molecule has 3 N–H and O–H groups in total. The molecule has 0 heterocycles. The van der Waals surface area contributed by atoms with E-state index in [0.29, 0.717) is 18.6 Å². The van der Waals surface area contributed by atoms with Crippen LogP contribution >= 0.6 is 7.82 Å². The van der Waals surface area contributed by atoms with Crippen molar-refractivity contribution in [3.63, 3.8) is 0 Å². The number of ether oxygens (including phenoxy) is 2. The van der Waals surface area contributed by atoms with Crippen LogP contribution in [0.1, 0.15) is 46.5 Å². The van der Waals surface area contributed by atoms with Crippen molar-refractivity contribution in [2.75, 3.05) is 6.61 Å². The molecular formula is C12H25O7P. The highest BCUT2D eigenvalue weighted by Crippen LogP contribution is 2.25. The number of hydrogen-bond donors (Lipinski definition) is 3. The summed E-state index contributed by atoms with van der Waals surface area (Å²) in [7, 11) is -4.64. The van der Waals surface area contributed by atoms with Gasteiger partial charge in [-0.25, -0.2) is 9.36 Å². The largest absolute Gasteiger partial charge is 0.466 e. The third-order valence-corrected chi connectivity index (χ3v) is 1.97. The number of rotatable bonds is 8. The molecule has 0 radical (unpaired) electrons. The highest BCUT2D eigenvalue weighted by molar-refractivity contribution is 7.45. The number of hydrogen-bond acceptors (Lipinski definition) is 4. The standard InChI is InChI=1S/C12H22O3.H3O4P/c1-5-7-8-9-14-11(6-2)15-12(13)10(3)4;1-5(2,3)4/h11H,3,5-9H2,1-2,4H3;(H3,1,2,3,4). The molecule has 0 aliphatic carbocycles. The van der Waals surface area contributed by atoms with Crippen molar-refractivity contribution in [3.8, 4) is 0 Å². The van der Waals surface area contributed by atoms with Crippen LogP contribution in [0.2, 0.25) is 0 Å². The Balaban J connectivity index is 0. The van der Waals surface area contributed by atoms with Gasteiger partial charge in [-0.15, -0.1) is 0 Å². The number of carbonyl (C=O) groups is 1. The molecule has 20 heavy (non-hydrogen) atoms. The van der Waals surface area contributed by atoms with E-state index in [0.717, 1.165) is 19.3 Å². The smallest absolute Gasteiger partial charge is 0.432 e. The maximum atomic E-state index is 11.2. The van der Waals surface area contributed by atoms with E-state index >= 15 is 0 Å². The molecule has 0 aliphatic heterocycles. The summed E-state index contributed by atoms with van der Waals surface area (Å²) in [5.74, 6) is -0.377. The maximum Gasteiger partial charge on any atom is 0.466 e. The summed E-state index contributed by atoms with van der Waals surface area (Å²) in [5, 5.41) is 0. The summed E-state index contributed by atoms with van der Waals surface area (Å²) in [6.07, 6.45) is 3.56. The van der Waals surface area contributed by atoms with Crippen molar-refractivity contribution in [3.05, 3.63) is 12.2 Å². The summed E-state index contributed by atoms with van der Waals surface area (Å²) in [5.41, 5.74) is 0.408. The lowest BCUT2D eigenvalue weighted by Crippen LogP contribution is -2.21. The topological polar surface area (TPSA) is 113 Å². The van der Waals surface area contributed by atoms with Crippen LogP contribution in [-0.2, 0) is 18.8 Å². The lowest BCUT2D eigenvalue weighted by molar-refractivity contribution is -0.174. The van der Waals surface area contributed by atoms with Crippen LogP contribution in [0.4, 0.5) is 0 Å². The predicted molar refractivity (Wildman–Crippen MR) is 74.7 cm³/mol. The number of carbonyl (C=O) groups excluding carboxylic acids is 1. The van der Waals surface area contributed by atoms with E-state index in [1.165, 1.54) is 0 Å². The van der Waals surface area contributed by atoms with E-state index in [1.807, 2.05) is 6.92 Å². The summed E-state index contributed by atoms with van der Waals surface area (Å²) < 4.78 is 19.4. The molecule has 0 aliphatic rings. The average molecular weight is 312 g/mol. The molecule has 0 amide bonds. The van der Waals surface area contributed by atoms with Crippen molar-refractivity contribution in [1.82, 2.24) is 0 Å². The molecule has 0 bridgehead atoms. The Labute approximate surface area is 119 Å². The van der Waals surface area contributed by atoms with Crippen LogP contribution in [-0.4, -0.2) is 33.5 Å². The Morgan fingerprint density at radius 1 is 1.25 bits per heavy atom. The van der Waals surface area contributed by atoms with Crippen molar-refractivity contribution in [2.45, 2.75) is 52.7 Å². The van der Waals surface area contributed by atoms with Gasteiger partial charge in [-0.1, -0.05) is 33.3 Å². The molecule has 7 nitrogen and oxygen atoms in total. The molecule has 0 saturated heterocycles. The third-order valence-electron chi connectivity index (χ3n) is 1.97. The highest BCUT2D eigenvalue weighted by Gasteiger charge is 2.12. The Morgan fingerprint density at radius 3 is 2.10 bits per heavy atom. The first-order valence-electron chi connectivity index (χ1n) is 6.38. The molecular weight excluding hydrogens is 287 g/mol. The second kappa shape index (κ2) is 12.1. The van der Waals surface area contributed by atoms with Crippen molar-refractivity contribution in [1.29, 1.82) is 0 Å². The van der Waals surface area contributed by atoms with E-state index < -0.39 is 14.1 Å². The molecule has 8 heteroatoms. The van der Waals surface area contributed by atoms with Gasteiger partial charge in [0.25, 0.3) is 0 Å². The lowest BCUT2D eigenvalue weighted by atomic mass is 10.3. The molecule has 0 aromatic heterocycles. The van der Waals surface area contributed by atoms with Gasteiger partial charge in [-0.2, -0.15) is 0 Å². The van der Waals surface area contributed by atoms with Gasteiger partial charge in [0.05, 0.1) is 6.61 Å². The van der Waals surface area contributed by atoms with Gasteiger partial charge in [-0.3, -0.25) is 0 Å². The second-order valence-corrected chi connectivity index (χ2v) is 5.14. The fourth-order valence-corrected chi connectivity index (χ4v) is 1.02. The molecule has 120 valence electrons. The molecule has 0 fully saturated rings. The fraction of sp³-hybridized carbons (Fsp3) is 0.750. The molecule has 1 unspecified atom stereocenters. The van der Waals surface area contributed by atoms with Crippen LogP contribution < -0.4 is 0 Å². The van der Waals surface area contributed by atoms with Gasteiger partial charge in [0.15, 0.2) is 0 Å². The maximum absolute atomic E-state index is 11.2. The van der Waals surface area contributed by atoms with Gasteiger partial charge < -0.3 is 24.2 Å². The first-order valence-corrected chi connectivity index (χ1v) is 7.94. The lowest BCUT2D eigenvalue weighted by Gasteiger charge is -2.16. The summed E-state index contributed by atoms with van der Waals surface area (Å²) in [6.45, 7) is 9.87. The van der Waals surface area contributed by atoms with E-state index in [1.54, 1.807) is 6.92 Å². The third kappa shape index (κ3) is 19.6. The van der Waals surface area contributed by atoms with Crippen LogP contribution in [0.3, 0.4) is 0 Å². The van der Waals surface area contributed by atoms with Crippen molar-refractivity contribution < 1.29 is 33.5 Å². The van der Waals surface area contributed by atoms with Crippen LogP contribution in [0.15, 0.2) is 12.2 Å². The molecule has 0 rings (SSSR count). The quantitative estimate of drug-likeness (QED) is 0.207. The highest BCUT2D eigenvalue weighted by atomic mass is 31.2. The second-order valence-electron chi connectivity index (χ2n) is 4.11. The molecule has 0 aromatic rings.